The highest BCUT2D eigenvalue weighted by atomic mass is 16.7. The van der Waals surface area contributed by atoms with Gasteiger partial charge in [0.15, 0.2) is 0 Å². The van der Waals surface area contributed by atoms with E-state index in [4.69, 9.17) is 30.5 Å². The molecule has 14 heteroatoms. The number of benzene rings is 1. The van der Waals surface area contributed by atoms with Gasteiger partial charge in [0.1, 0.15) is 25.4 Å². The molecule has 1 saturated heterocycles. The molecule has 6 atom stereocenters. The maximum Gasteiger partial charge on any atom is 0.364 e. The minimum absolute atomic E-state index is 0.00495. The molecule has 1 fully saturated rings. The van der Waals surface area contributed by atoms with Crippen molar-refractivity contribution in [2.24, 2.45) is 0 Å². The molecule has 0 unspecified atom stereocenters. The number of carbonyl (C=O) groups excluding carboxylic acids is 2. The van der Waals surface area contributed by atoms with Gasteiger partial charge in [-0.05, 0) is 12.5 Å². The van der Waals surface area contributed by atoms with Crippen molar-refractivity contribution < 1.29 is 58.9 Å². The average molecular weight is 583 g/mol. The smallest absolute Gasteiger partial charge is 0.364 e. The first-order chi connectivity index (χ1) is 19.5. The lowest BCUT2D eigenvalue weighted by atomic mass is 9.88. The zero-order valence-corrected chi connectivity index (χ0v) is 22.7. The number of hydrogen-bond acceptors (Lipinski definition) is 11. The second kappa shape index (κ2) is 17.0. The standard InChI is InChI=1S/C27H38N2O12/c1-3-8-38-9-10-39-11-12-40-27(26(36)37)14-19(31)23(29-22(34)16-30)25(41-27)24(35)20(32)15-28-21(33)13-18-6-4-17(2)5-7-18/h1,4-7,19-20,23-25,30-32,35H,8-16H2,2H3,(H,28,33)(H,29,34)(H,36,37)/t19-,20+,23+,24+,25+,27+/m0/s1. The minimum Gasteiger partial charge on any atom is -0.477 e. The van der Waals surface area contributed by atoms with Gasteiger partial charge in [0, 0.05) is 13.0 Å². The Kier molecular flexibility index (Phi) is 14.1. The van der Waals surface area contributed by atoms with Crippen molar-refractivity contribution >= 4 is 17.8 Å². The van der Waals surface area contributed by atoms with E-state index in [1.54, 1.807) is 12.1 Å². The van der Waals surface area contributed by atoms with Crippen molar-refractivity contribution in [2.45, 2.75) is 56.0 Å². The fraction of sp³-hybridized carbons (Fsp3) is 0.593. The monoisotopic (exact) mass is 582 g/mol. The molecule has 41 heavy (non-hydrogen) atoms. The third-order valence-corrected chi connectivity index (χ3v) is 6.21. The number of aliphatic carboxylic acids is 1. The van der Waals surface area contributed by atoms with Crippen molar-refractivity contribution in [3.8, 4) is 12.3 Å². The predicted molar refractivity (Wildman–Crippen MR) is 141 cm³/mol. The van der Waals surface area contributed by atoms with Gasteiger partial charge in [-0.3, -0.25) is 9.59 Å². The summed E-state index contributed by atoms with van der Waals surface area (Å²) in [7, 11) is 0. The number of carboxylic acids is 1. The predicted octanol–water partition coefficient (Wildman–Crippen LogP) is -2.53. The van der Waals surface area contributed by atoms with Gasteiger partial charge >= 0.3 is 5.97 Å². The molecule has 0 saturated carbocycles. The number of aryl methyl sites for hydroxylation is 1. The summed E-state index contributed by atoms with van der Waals surface area (Å²) in [5.41, 5.74) is 1.74. The van der Waals surface area contributed by atoms with E-state index in [0.717, 1.165) is 11.1 Å². The number of hydrogen-bond donors (Lipinski definition) is 7. The van der Waals surface area contributed by atoms with Gasteiger partial charge in [0.2, 0.25) is 11.8 Å². The van der Waals surface area contributed by atoms with Crippen LogP contribution in [0.5, 0.6) is 0 Å². The van der Waals surface area contributed by atoms with E-state index in [-0.39, 0.29) is 39.5 Å². The van der Waals surface area contributed by atoms with Crippen molar-refractivity contribution in [3.63, 3.8) is 0 Å². The third-order valence-electron chi connectivity index (χ3n) is 6.21. The highest BCUT2D eigenvalue weighted by Crippen LogP contribution is 2.33. The zero-order chi connectivity index (χ0) is 30.4. The Morgan fingerprint density at radius 3 is 2.41 bits per heavy atom. The van der Waals surface area contributed by atoms with E-state index in [0.29, 0.717) is 0 Å². The topological polar surface area (TPSA) is 213 Å². The Labute approximate surface area is 237 Å². The molecule has 14 nitrogen and oxygen atoms in total. The van der Waals surface area contributed by atoms with E-state index in [1.165, 1.54) is 0 Å². The van der Waals surface area contributed by atoms with Crippen LogP contribution in [0.4, 0.5) is 0 Å². The summed E-state index contributed by atoms with van der Waals surface area (Å²) in [5.74, 6) is -3.23. The summed E-state index contributed by atoms with van der Waals surface area (Å²) in [5, 5.41) is 56.1. The molecule has 0 bridgehead atoms. The van der Waals surface area contributed by atoms with Crippen LogP contribution in [0.25, 0.3) is 0 Å². The number of rotatable bonds is 17. The van der Waals surface area contributed by atoms with Crippen LogP contribution in [0, 0.1) is 19.3 Å². The van der Waals surface area contributed by atoms with Crippen LogP contribution in [-0.4, -0.2) is 126 Å². The molecule has 2 amide bonds. The number of carboxylic acid groups (broad SMARTS) is 1. The Bertz CT molecular complexity index is 1030. The van der Waals surface area contributed by atoms with Gasteiger partial charge in [-0.15, -0.1) is 6.42 Å². The largest absolute Gasteiger partial charge is 0.477 e. The molecule has 1 aromatic rings. The summed E-state index contributed by atoms with van der Waals surface area (Å²) in [6, 6.07) is 5.78. The third kappa shape index (κ3) is 10.7. The van der Waals surface area contributed by atoms with E-state index in [9.17, 15) is 34.8 Å². The maximum absolute atomic E-state index is 12.4. The Hall–Kier alpha value is -3.13. The van der Waals surface area contributed by atoms with E-state index in [1.807, 2.05) is 19.1 Å². The normalized spacial score (nSPS) is 23.7. The molecular formula is C27H38N2O12. The van der Waals surface area contributed by atoms with Crippen molar-refractivity contribution in [1.29, 1.82) is 0 Å². The van der Waals surface area contributed by atoms with Crippen LogP contribution in [0.15, 0.2) is 24.3 Å². The number of terminal acetylenes is 1. The van der Waals surface area contributed by atoms with Crippen LogP contribution in [0.1, 0.15) is 17.5 Å². The van der Waals surface area contributed by atoms with Crippen molar-refractivity contribution in [3.05, 3.63) is 35.4 Å². The molecule has 0 radical (unpaired) electrons. The number of nitrogens with one attached hydrogen (secondary N) is 2. The highest BCUT2D eigenvalue weighted by Gasteiger charge is 2.55. The first-order valence-electron chi connectivity index (χ1n) is 12.9. The molecular weight excluding hydrogens is 544 g/mol. The number of ether oxygens (including phenoxy) is 4. The molecule has 1 heterocycles. The average Bonchev–Trinajstić information content (AvgIpc) is 2.95. The van der Waals surface area contributed by atoms with Gasteiger partial charge < -0.3 is 55.1 Å². The van der Waals surface area contributed by atoms with E-state index in [2.05, 4.69) is 16.6 Å². The quantitative estimate of drug-likeness (QED) is 0.0748. The second-order valence-corrected chi connectivity index (χ2v) is 9.41. The molecule has 2 rings (SSSR count). The second-order valence-electron chi connectivity index (χ2n) is 9.41. The fourth-order valence-electron chi connectivity index (χ4n) is 4.08. The lowest BCUT2D eigenvalue weighted by molar-refractivity contribution is -0.312. The Morgan fingerprint density at radius 1 is 1.12 bits per heavy atom. The summed E-state index contributed by atoms with van der Waals surface area (Å²) >= 11 is 0. The van der Waals surface area contributed by atoms with Crippen LogP contribution in [-0.2, 0) is 39.8 Å². The zero-order valence-electron chi connectivity index (χ0n) is 22.7. The molecule has 0 aromatic heterocycles. The lowest BCUT2D eigenvalue weighted by Gasteiger charge is -2.46. The van der Waals surface area contributed by atoms with Crippen LogP contribution < -0.4 is 10.6 Å². The van der Waals surface area contributed by atoms with Gasteiger partial charge in [-0.1, -0.05) is 35.7 Å². The number of aliphatic hydroxyl groups excluding tert-OH is 4. The van der Waals surface area contributed by atoms with Gasteiger partial charge in [0.05, 0.1) is 51.1 Å². The van der Waals surface area contributed by atoms with Gasteiger partial charge in [-0.2, -0.15) is 0 Å². The maximum atomic E-state index is 12.4. The lowest BCUT2D eigenvalue weighted by Crippen LogP contribution is -2.68. The molecule has 1 aliphatic heterocycles. The number of carbonyl (C=O) groups is 3. The summed E-state index contributed by atoms with van der Waals surface area (Å²) in [4.78, 5) is 36.5. The highest BCUT2D eigenvalue weighted by molar-refractivity contribution is 5.79. The summed E-state index contributed by atoms with van der Waals surface area (Å²) in [6.07, 6.45) is -2.59. The van der Waals surface area contributed by atoms with Crippen molar-refractivity contribution in [1.82, 2.24) is 10.6 Å². The SMILES string of the molecule is C#CCOCCOCCO[C@]1(C(=O)O)C[C@H](O)[C@@H](NC(=O)CO)[C@H]([C@H](O)[C@H](O)CNC(=O)Cc2ccc(C)cc2)O1. The minimum atomic E-state index is -2.48. The van der Waals surface area contributed by atoms with Gasteiger partial charge in [0.25, 0.3) is 5.79 Å². The molecule has 228 valence electrons. The first-order valence-corrected chi connectivity index (χ1v) is 12.9. The molecule has 1 aromatic carbocycles. The van der Waals surface area contributed by atoms with Crippen molar-refractivity contribution in [2.75, 3.05) is 46.2 Å². The fourth-order valence-corrected chi connectivity index (χ4v) is 4.08. The van der Waals surface area contributed by atoms with Crippen LogP contribution in [0.2, 0.25) is 0 Å². The summed E-state index contributed by atoms with van der Waals surface area (Å²) in [6.45, 7) is 0.541. The molecule has 7 N–H and O–H groups in total. The number of aliphatic hydroxyl groups is 4. The van der Waals surface area contributed by atoms with E-state index < -0.39 is 73.6 Å². The van der Waals surface area contributed by atoms with Crippen LogP contribution in [0.3, 0.4) is 0 Å². The summed E-state index contributed by atoms with van der Waals surface area (Å²) < 4.78 is 21.4. The first kappa shape index (κ1) is 34.1. The van der Waals surface area contributed by atoms with Gasteiger partial charge in [-0.25, -0.2) is 4.79 Å². The Morgan fingerprint density at radius 2 is 1.78 bits per heavy atom. The Balaban J connectivity index is 2.08. The molecule has 0 spiro atoms. The molecule has 1 aliphatic rings. The number of amides is 2. The van der Waals surface area contributed by atoms with E-state index >= 15 is 0 Å². The molecule has 0 aliphatic carbocycles. The van der Waals surface area contributed by atoms with Crippen LogP contribution >= 0.6 is 0 Å².